The number of nitrogens with zero attached hydrogens (tertiary/aromatic N) is 3. The molecule has 26 heavy (non-hydrogen) atoms. The van der Waals surface area contributed by atoms with E-state index in [1.807, 2.05) is 25.3 Å². The summed E-state index contributed by atoms with van der Waals surface area (Å²) in [6.45, 7) is 3.79. The van der Waals surface area contributed by atoms with E-state index in [1.165, 1.54) is 22.0 Å². The van der Waals surface area contributed by atoms with Gasteiger partial charge < -0.3 is 5.32 Å². The second kappa shape index (κ2) is 7.84. The van der Waals surface area contributed by atoms with E-state index in [4.69, 9.17) is 0 Å². The zero-order valence-electron chi connectivity index (χ0n) is 14.6. The Morgan fingerprint density at radius 3 is 2.85 bits per heavy atom. The molecule has 2 aromatic rings. The molecular formula is C18H22N4O3S. The minimum absolute atomic E-state index is 0.144. The average Bonchev–Trinajstić information content (AvgIpc) is 3.15. The molecule has 2 heterocycles. The zero-order valence-corrected chi connectivity index (χ0v) is 15.4. The monoisotopic (exact) mass is 374 g/mol. The summed E-state index contributed by atoms with van der Waals surface area (Å²) in [6.07, 6.45) is 6.14. The normalized spacial score (nSPS) is 15.5. The fourth-order valence-electron chi connectivity index (χ4n) is 2.74. The molecule has 138 valence electrons. The molecule has 1 N–H and O–H groups in total. The van der Waals surface area contributed by atoms with Crippen molar-refractivity contribution >= 4 is 15.9 Å². The van der Waals surface area contributed by atoms with Crippen molar-refractivity contribution in [2.75, 3.05) is 19.6 Å². The Kier molecular flexibility index (Phi) is 5.53. The first kappa shape index (κ1) is 18.3. The topological polar surface area (TPSA) is 84.3 Å². The highest BCUT2D eigenvalue weighted by atomic mass is 32.2. The molecular weight excluding hydrogens is 352 g/mol. The molecule has 0 aliphatic carbocycles. The molecule has 0 saturated heterocycles. The van der Waals surface area contributed by atoms with Crippen LogP contribution in [0.4, 0.5) is 0 Å². The number of carbonyl (C=O) groups is 1. The van der Waals surface area contributed by atoms with Crippen molar-refractivity contribution in [2.24, 2.45) is 0 Å². The summed E-state index contributed by atoms with van der Waals surface area (Å²) in [7, 11) is -3.60. The first-order chi connectivity index (χ1) is 12.5. The maximum absolute atomic E-state index is 12.8. The number of carbonyl (C=O) groups excluding carboxylic acids is 1. The van der Waals surface area contributed by atoms with Gasteiger partial charge in [0.1, 0.15) is 0 Å². The molecule has 1 amide bonds. The second-order valence-corrected chi connectivity index (χ2v) is 8.15. The van der Waals surface area contributed by atoms with E-state index < -0.39 is 10.0 Å². The third-order valence-electron chi connectivity index (χ3n) is 4.32. The van der Waals surface area contributed by atoms with Gasteiger partial charge in [0.05, 0.1) is 11.4 Å². The van der Waals surface area contributed by atoms with Gasteiger partial charge in [0.25, 0.3) is 5.91 Å². The van der Waals surface area contributed by atoms with Crippen LogP contribution in [0.1, 0.15) is 23.7 Å². The summed E-state index contributed by atoms with van der Waals surface area (Å²) in [4.78, 5) is 12.5. The van der Waals surface area contributed by atoms with E-state index >= 15 is 0 Å². The maximum Gasteiger partial charge on any atom is 0.251 e. The highest BCUT2D eigenvalue weighted by Gasteiger charge is 2.26. The van der Waals surface area contributed by atoms with Crippen LogP contribution in [0.5, 0.6) is 0 Å². The quantitative estimate of drug-likeness (QED) is 0.780. The van der Waals surface area contributed by atoms with Gasteiger partial charge in [-0.3, -0.25) is 9.48 Å². The van der Waals surface area contributed by atoms with Gasteiger partial charge in [-0.15, -0.1) is 0 Å². The van der Waals surface area contributed by atoms with Crippen LogP contribution in [0.25, 0.3) is 0 Å². The van der Waals surface area contributed by atoms with Gasteiger partial charge in [-0.2, -0.15) is 9.40 Å². The lowest BCUT2D eigenvalue weighted by molar-refractivity contribution is 0.0951. The number of aromatic nitrogens is 2. The molecule has 1 aromatic carbocycles. The Bertz CT molecular complexity index is 904. The summed E-state index contributed by atoms with van der Waals surface area (Å²) >= 11 is 0. The van der Waals surface area contributed by atoms with Crippen LogP contribution >= 0.6 is 0 Å². The van der Waals surface area contributed by atoms with Crippen molar-refractivity contribution in [3.63, 3.8) is 0 Å². The summed E-state index contributed by atoms with van der Waals surface area (Å²) in [5.41, 5.74) is 1.53. The number of rotatable bonds is 6. The molecule has 1 aliphatic heterocycles. The predicted molar refractivity (Wildman–Crippen MR) is 98.1 cm³/mol. The first-order valence-corrected chi connectivity index (χ1v) is 9.92. The van der Waals surface area contributed by atoms with E-state index in [1.54, 1.807) is 23.0 Å². The van der Waals surface area contributed by atoms with Gasteiger partial charge in [-0.25, -0.2) is 8.42 Å². The van der Waals surface area contributed by atoms with E-state index in [0.717, 1.165) is 6.42 Å². The van der Waals surface area contributed by atoms with Gasteiger partial charge in [0.15, 0.2) is 0 Å². The van der Waals surface area contributed by atoms with Gasteiger partial charge in [0.2, 0.25) is 10.0 Å². The lowest BCUT2D eigenvalue weighted by Gasteiger charge is -2.24. The number of benzene rings is 1. The Hall–Kier alpha value is -2.45. The van der Waals surface area contributed by atoms with Gasteiger partial charge in [0, 0.05) is 37.6 Å². The molecule has 1 aromatic heterocycles. The van der Waals surface area contributed by atoms with Crippen LogP contribution in [0, 0.1) is 0 Å². The fraction of sp³-hybridized carbons (Fsp3) is 0.333. The number of amides is 1. The van der Waals surface area contributed by atoms with Crippen LogP contribution in [-0.2, 0) is 16.6 Å². The van der Waals surface area contributed by atoms with Crippen LogP contribution in [0.2, 0.25) is 0 Å². The standard InChI is InChI=1S/C18H22N4O3S/c1-15-6-11-22(12-7-15)26(24,25)17-5-2-4-16(14-17)18(23)19-9-13-21-10-3-8-20-21/h2-6,8,10,14H,7,9,11-13H2,1H3,(H,19,23). The summed E-state index contributed by atoms with van der Waals surface area (Å²) in [5.74, 6) is -0.302. The van der Waals surface area contributed by atoms with E-state index in [-0.39, 0.29) is 10.8 Å². The zero-order chi connectivity index (χ0) is 18.6. The van der Waals surface area contributed by atoms with E-state index in [2.05, 4.69) is 10.4 Å². The third-order valence-corrected chi connectivity index (χ3v) is 6.18. The maximum atomic E-state index is 12.8. The van der Waals surface area contributed by atoms with Crippen molar-refractivity contribution in [3.8, 4) is 0 Å². The van der Waals surface area contributed by atoms with E-state index in [0.29, 0.717) is 31.7 Å². The molecule has 0 fully saturated rings. The molecule has 3 rings (SSSR count). The number of sulfonamides is 1. The molecule has 0 atom stereocenters. The molecule has 8 heteroatoms. The Labute approximate surface area is 153 Å². The third kappa shape index (κ3) is 4.20. The van der Waals surface area contributed by atoms with Crippen molar-refractivity contribution in [3.05, 3.63) is 59.9 Å². The molecule has 0 saturated carbocycles. The SMILES string of the molecule is CC1=CCN(S(=O)(=O)c2cccc(C(=O)NCCn3cccn3)c2)CC1. The van der Waals surface area contributed by atoms with Gasteiger partial charge in [-0.05, 0) is 37.6 Å². The van der Waals surface area contributed by atoms with Crippen LogP contribution in [0.15, 0.2) is 59.3 Å². The predicted octanol–water partition coefficient (Wildman–Crippen LogP) is 1.65. The average molecular weight is 374 g/mol. The van der Waals surface area contributed by atoms with Crippen molar-refractivity contribution in [1.82, 2.24) is 19.4 Å². The van der Waals surface area contributed by atoms with E-state index in [9.17, 15) is 13.2 Å². The molecule has 7 nitrogen and oxygen atoms in total. The molecule has 0 radical (unpaired) electrons. The van der Waals surface area contributed by atoms with Crippen molar-refractivity contribution in [2.45, 2.75) is 24.8 Å². The molecule has 0 unspecified atom stereocenters. The minimum Gasteiger partial charge on any atom is -0.350 e. The summed E-state index contributed by atoms with van der Waals surface area (Å²) in [6, 6.07) is 7.99. The minimum atomic E-state index is -3.60. The summed E-state index contributed by atoms with van der Waals surface area (Å²) < 4.78 is 28.7. The van der Waals surface area contributed by atoms with Crippen LogP contribution < -0.4 is 5.32 Å². The number of hydrogen-bond donors (Lipinski definition) is 1. The number of nitrogens with one attached hydrogen (secondary N) is 1. The lowest BCUT2D eigenvalue weighted by atomic mass is 10.1. The van der Waals surface area contributed by atoms with Crippen molar-refractivity contribution < 1.29 is 13.2 Å². The van der Waals surface area contributed by atoms with Crippen LogP contribution in [0.3, 0.4) is 0 Å². The molecule has 1 aliphatic rings. The van der Waals surface area contributed by atoms with Crippen LogP contribution in [-0.4, -0.2) is 48.0 Å². The Morgan fingerprint density at radius 2 is 2.15 bits per heavy atom. The fourth-order valence-corrected chi connectivity index (χ4v) is 4.16. The Balaban J connectivity index is 1.68. The highest BCUT2D eigenvalue weighted by Crippen LogP contribution is 2.21. The Morgan fingerprint density at radius 1 is 1.31 bits per heavy atom. The highest BCUT2D eigenvalue weighted by molar-refractivity contribution is 7.89. The largest absolute Gasteiger partial charge is 0.350 e. The van der Waals surface area contributed by atoms with Gasteiger partial charge >= 0.3 is 0 Å². The van der Waals surface area contributed by atoms with Crippen molar-refractivity contribution in [1.29, 1.82) is 0 Å². The van der Waals surface area contributed by atoms with Gasteiger partial charge in [-0.1, -0.05) is 17.7 Å². The second-order valence-electron chi connectivity index (χ2n) is 6.22. The summed E-state index contributed by atoms with van der Waals surface area (Å²) in [5, 5.41) is 6.85. The smallest absolute Gasteiger partial charge is 0.251 e. The first-order valence-electron chi connectivity index (χ1n) is 8.48. The lowest BCUT2D eigenvalue weighted by Crippen LogP contribution is -2.35. The molecule has 0 spiro atoms. The number of hydrogen-bond acceptors (Lipinski definition) is 4. The molecule has 0 bridgehead atoms.